The maximum atomic E-state index is 14.7. The lowest BCUT2D eigenvalue weighted by Crippen LogP contribution is -2.32. The third-order valence-electron chi connectivity index (χ3n) is 5.37. The number of hydrogen-bond acceptors (Lipinski definition) is 5. The number of hydrogen-bond donors (Lipinski definition) is 2. The molecule has 1 aliphatic heterocycles. The van der Waals surface area contributed by atoms with Gasteiger partial charge in [0.25, 0.3) is 0 Å². The van der Waals surface area contributed by atoms with Gasteiger partial charge in [-0.2, -0.15) is 5.26 Å². The molecule has 1 heterocycles. The predicted molar refractivity (Wildman–Crippen MR) is 123 cm³/mol. The smallest absolute Gasteiger partial charge is 0.234 e. The van der Waals surface area contributed by atoms with E-state index in [1.165, 1.54) is 6.07 Å². The van der Waals surface area contributed by atoms with Gasteiger partial charge in [-0.15, -0.1) is 0 Å². The Morgan fingerprint density at radius 1 is 1.22 bits per heavy atom. The van der Waals surface area contributed by atoms with E-state index in [2.05, 4.69) is 16.7 Å². The number of rotatable bonds is 5. The number of nitrogens with one attached hydrogen (secondary N) is 2. The van der Waals surface area contributed by atoms with Crippen LogP contribution < -0.4 is 10.6 Å². The van der Waals surface area contributed by atoms with Crippen molar-refractivity contribution in [1.82, 2.24) is 5.32 Å². The monoisotopic (exact) mass is 467 g/mol. The van der Waals surface area contributed by atoms with Crippen LogP contribution in [0.2, 0.25) is 5.02 Å². The first-order valence-corrected chi connectivity index (χ1v) is 11.4. The van der Waals surface area contributed by atoms with Gasteiger partial charge >= 0.3 is 0 Å². The largest absolute Gasteiger partial charge is 0.352 e. The second-order valence-corrected chi connectivity index (χ2v) is 8.81. The number of ketones is 1. The average molecular weight is 468 g/mol. The quantitative estimate of drug-likeness (QED) is 0.625. The molecule has 2 aromatic rings. The van der Waals surface area contributed by atoms with E-state index >= 15 is 0 Å². The van der Waals surface area contributed by atoms with Crippen molar-refractivity contribution < 1.29 is 14.0 Å². The Bertz CT molecular complexity index is 1200. The summed E-state index contributed by atoms with van der Waals surface area (Å²) in [4.78, 5) is 25.2. The molecule has 2 aromatic carbocycles. The topological polar surface area (TPSA) is 82.0 Å². The predicted octanol–water partition coefficient (Wildman–Crippen LogP) is 5.28. The van der Waals surface area contributed by atoms with Gasteiger partial charge in [-0.3, -0.25) is 9.59 Å². The van der Waals surface area contributed by atoms with Gasteiger partial charge in [0, 0.05) is 23.3 Å². The first-order valence-electron chi connectivity index (χ1n) is 10.1. The van der Waals surface area contributed by atoms with Crippen molar-refractivity contribution in [3.8, 4) is 6.07 Å². The number of Topliss-reactive ketones (excluding diaryl/α,β-unsaturated/α-hetero) is 1. The zero-order valence-corrected chi connectivity index (χ0v) is 18.5. The van der Waals surface area contributed by atoms with Crippen molar-refractivity contribution in [3.63, 3.8) is 0 Å². The highest BCUT2D eigenvalue weighted by atomic mass is 35.5. The van der Waals surface area contributed by atoms with Crippen molar-refractivity contribution in [3.05, 3.63) is 86.8 Å². The van der Waals surface area contributed by atoms with E-state index in [4.69, 9.17) is 11.6 Å². The summed E-state index contributed by atoms with van der Waals surface area (Å²) in [6.07, 6.45) is 1.68. The Morgan fingerprint density at radius 2 is 1.97 bits per heavy atom. The number of halogens is 2. The van der Waals surface area contributed by atoms with Crippen LogP contribution in [0.4, 0.5) is 10.1 Å². The highest BCUT2D eigenvalue weighted by Gasteiger charge is 2.38. The molecular weight excluding hydrogens is 449 g/mol. The minimum absolute atomic E-state index is 0.0132. The maximum absolute atomic E-state index is 14.7. The summed E-state index contributed by atoms with van der Waals surface area (Å²) >= 11 is 7.24. The van der Waals surface area contributed by atoms with E-state index < -0.39 is 11.7 Å². The number of amides is 1. The lowest BCUT2D eigenvalue weighted by Gasteiger charge is -2.33. The summed E-state index contributed by atoms with van der Waals surface area (Å²) in [6, 6.07) is 15.2. The molecule has 162 valence electrons. The zero-order valence-electron chi connectivity index (χ0n) is 17.0. The summed E-state index contributed by atoms with van der Waals surface area (Å²) in [7, 11) is 0. The Labute approximate surface area is 194 Å². The van der Waals surface area contributed by atoms with Crippen LogP contribution >= 0.6 is 23.4 Å². The lowest BCUT2D eigenvalue weighted by atomic mass is 9.76. The fourth-order valence-electron chi connectivity index (χ4n) is 3.94. The average Bonchev–Trinajstić information content (AvgIpc) is 2.79. The molecule has 32 heavy (non-hydrogen) atoms. The van der Waals surface area contributed by atoms with Gasteiger partial charge in [0.15, 0.2) is 5.78 Å². The number of nitriles is 1. The molecule has 0 radical (unpaired) electrons. The number of benzene rings is 2. The Balaban J connectivity index is 1.64. The molecule has 1 atom stereocenters. The highest BCUT2D eigenvalue weighted by Crippen LogP contribution is 2.44. The zero-order chi connectivity index (χ0) is 22.7. The van der Waals surface area contributed by atoms with Gasteiger partial charge in [0.05, 0.1) is 39.1 Å². The van der Waals surface area contributed by atoms with E-state index in [0.29, 0.717) is 46.3 Å². The SMILES string of the molecule is N#CC1=C(SCC(=O)Nc2ccccc2Cl)NC2=C(C(=O)CCC2)[C@H]1c1ccccc1F. The molecule has 2 aliphatic rings. The van der Waals surface area contributed by atoms with Crippen LogP contribution in [0.25, 0.3) is 0 Å². The van der Waals surface area contributed by atoms with Crippen LogP contribution in [0, 0.1) is 17.1 Å². The summed E-state index contributed by atoms with van der Waals surface area (Å²) < 4.78 is 14.7. The Morgan fingerprint density at radius 3 is 2.72 bits per heavy atom. The number of para-hydroxylation sites is 1. The molecule has 0 fully saturated rings. The molecule has 0 saturated carbocycles. The summed E-state index contributed by atoms with van der Waals surface area (Å²) in [5.74, 6) is -1.63. The van der Waals surface area contributed by atoms with Crippen LogP contribution in [-0.2, 0) is 9.59 Å². The molecule has 0 aromatic heterocycles. The third-order valence-corrected chi connectivity index (χ3v) is 6.72. The molecule has 0 unspecified atom stereocenters. The van der Waals surface area contributed by atoms with Gasteiger partial charge < -0.3 is 10.6 Å². The van der Waals surface area contributed by atoms with Gasteiger partial charge in [0.1, 0.15) is 5.82 Å². The van der Waals surface area contributed by atoms with Crippen molar-refractivity contribution in [1.29, 1.82) is 5.26 Å². The molecule has 1 amide bonds. The fraction of sp³-hybridized carbons (Fsp3) is 0.208. The molecule has 8 heteroatoms. The van der Waals surface area contributed by atoms with Gasteiger partial charge in [-0.25, -0.2) is 4.39 Å². The van der Waals surface area contributed by atoms with Crippen LogP contribution in [0.15, 0.2) is 70.4 Å². The van der Waals surface area contributed by atoms with Crippen molar-refractivity contribution >= 4 is 40.7 Å². The third kappa shape index (κ3) is 4.43. The Kier molecular flexibility index (Phi) is 6.63. The number of thioether (sulfide) groups is 1. The number of anilines is 1. The molecule has 2 N–H and O–H groups in total. The molecular formula is C24H19ClFN3O2S. The Hall–Kier alpha value is -3.08. The van der Waals surface area contributed by atoms with E-state index in [1.807, 2.05) is 0 Å². The van der Waals surface area contributed by atoms with Crippen LogP contribution in [0.1, 0.15) is 30.7 Å². The summed E-state index contributed by atoms with van der Waals surface area (Å²) in [6.45, 7) is 0. The van der Waals surface area contributed by atoms with Gasteiger partial charge in [-0.05, 0) is 31.0 Å². The minimum Gasteiger partial charge on any atom is -0.352 e. The number of carbonyl (C=O) groups is 2. The molecule has 4 rings (SSSR count). The van der Waals surface area contributed by atoms with Crippen LogP contribution in [-0.4, -0.2) is 17.4 Å². The van der Waals surface area contributed by atoms with Crippen molar-refractivity contribution in [2.45, 2.75) is 25.2 Å². The second kappa shape index (κ2) is 9.60. The number of nitrogens with zero attached hydrogens (tertiary/aromatic N) is 1. The fourth-order valence-corrected chi connectivity index (χ4v) is 4.99. The first-order chi connectivity index (χ1) is 15.5. The first kappa shape index (κ1) is 22.1. The standard InChI is InChI=1S/C24H19ClFN3O2S/c25-16-7-2-4-9-18(16)28-21(31)13-32-24-15(12-27)22(14-6-1-3-8-17(14)26)23-19(29-24)10-5-11-20(23)30/h1-4,6-9,22,29H,5,10-11,13H2,(H,28,31)/t22-/m0/s1. The van der Waals surface area contributed by atoms with Crippen LogP contribution in [0.3, 0.4) is 0 Å². The number of carbonyl (C=O) groups excluding carboxylic acids is 2. The molecule has 0 bridgehead atoms. The maximum Gasteiger partial charge on any atom is 0.234 e. The van der Waals surface area contributed by atoms with Gasteiger partial charge in [0.2, 0.25) is 5.91 Å². The normalized spacial score (nSPS) is 18.0. The summed E-state index contributed by atoms with van der Waals surface area (Å²) in [5.41, 5.74) is 2.16. The van der Waals surface area contributed by atoms with Crippen molar-refractivity contribution in [2.75, 3.05) is 11.1 Å². The van der Waals surface area contributed by atoms with E-state index in [9.17, 15) is 19.2 Å². The van der Waals surface area contributed by atoms with Crippen molar-refractivity contribution in [2.24, 2.45) is 0 Å². The van der Waals surface area contributed by atoms with E-state index in [0.717, 1.165) is 11.8 Å². The highest BCUT2D eigenvalue weighted by molar-refractivity contribution is 8.03. The minimum atomic E-state index is -0.792. The molecule has 5 nitrogen and oxygen atoms in total. The molecule has 1 aliphatic carbocycles. The van der Waals surface area contributed by atoms with Gasteiger partial charge in [-0.1, -0.05) is 53.7 Å². The van der Waals surface area contributed by atoms with Crippen LogP contribution in [0.5, 0.6) is 0 Å². The summed E-state index contributed by atoms with van der Waals surface area (Å²) in [5, 5.41) is 16.8. The molecule has 0 spiro atoms. The van der Waals surface area contributed by atoms with E-state index in [1.54, 1.807) is 42.5 Å². The second-order valence-electron chi connectivity index (χ2n) is 7.42. The number of allylic oxidation sites excluding steroid dienone is 3. The number of dihydropyridines is 1. The van der Waals surface area contributed by atoms with E-state index in [-0.39, 0.29) is 28.6 Å². The lowest BCUT2D eigenvalue weighted by molar-refractivity contribution is -0.116. The molecule has 0 saturated heterocycles.